The zero-order chi connectivity index (χ0) is 13.4. The lowest BCUT2D eigenvalue weighted by molar-refractivity contribution is 0.643. The van der Waals surface area contributed by atoms with Crippen molar-refractivity contribution < 1.29 is 0 Å². The van der Waals surface area contributed by atoms with E-state index in [2.05, 4.69) is 30.0 Å². The minimum absolute atomic E-state index is 0.698. The van der Waals surface area contributed by atoms with Gasteiger partial charge in [0, 0.05) is 38.3 Å². The standard InChI is InChI=1S/C13H16N6S/c1-2-10(1)12-16-17-13(20-12)19-7-5-18(6-8-19)11-3-4-14-9-15-11/h3-4,9-10H,1-2,5-8H2. The zero-order valence-electron chi connectivity index (χ0n) is 11.1. The second kappa shape index (κ2) is 4.97. The Labute approximate surface area is 121 Å². The highest BCUT2D eigenvalue weighted by Gasteiger charge is 2.29. The maximum atomic E-state index is 4.35. The minimum Gasteiger partial charge on any atom is -0.353 e. The van der Waals surface area contributed by atoms with Gasteiger partial charge in [0.2, 0.25) is 5.13 Å². The molecule has 0 atom stereocenters. The molecule has 0 radical (unpaired) electrons. The molecule has 1 aliphatic heterocycles. The average Bonchev–Trinajstić information content (AvgIpc) is 3.26. The number of nitrogens with zero attached hydrogens (tertiary/aromatic N) is 6. The molecule has 7 heteroatoms. The van der Waals surface area contributed by atoms with Crippen LogP contribution in [0.3, 0.4) is 0 Å². The van der Waals surface area contributed by atoms with Gasteiger partial charge in [-0.15, -0.1) is 10.2 Å². The fourth-order valence-electron chi connectivity index (χ4n) is 2.45. The van der Waals surface area contributed by atoms with Crippen molar-refractivity contribution in [1.29, 1.82) is 0 Å². The van der Waals surface area contributed by atoms with Crippen LogP contribution in [0.15, 0.2) is 18.6 Å². The van der Waals surface area contributed by atoms with Crippen molar-refractivity contribution in [2.24, 2.45) is 0 Å². The van der Waals surface area contributed by atoms with Gasteiger partial charge in [-0.05, 0) is 18.9 Å². The van der Waals surface area contributed by atoms with Crippen molar-refractivity contribution in [3.8, 4) is 0 Å². The number of anilines is 2. The van der Waals surface area contributed by atoms with Crippen LogP contribution < -0.4 is 9.80 Å². The molecule has 0 spiro atoms. The highest BCUT2D eigenvalue weighted by atomic mass is 32.1. The highest BCUT2D eigenvalue weighted by molar-refractivity contribution is 7.15. The second-order valence-corrected chi connectivity index (χ2v) is 6.23. The molecule has 2 aromatic rings. The molecule has 1 saturated carbocycles. The molecule has 1 aliphatic carbocycles. The van der Waals surface area contributed by atoms with Crippen molar-refractivity contribution in [2.75, 3.05) is 36.0 Å². The van der Waals surface area contributed by atoms with Crippen LogP contribution in [0.1, 0.15) is 23.8 Å². The van der Waals surface area contributed by atoms with Crippen molar-refractivity contribution in [1.82, 2.24) is 20.2 Å². The third-order valence-electron chi connectivity index (χ3n) is 3.80. The van der Waals surface area contributed by atoms with E-state index in [0.717, 1.165) is 37.1 Å². The summed E-state index contributed by atoms with van der Waals surface area (Å²) in [6.45, 7) is 3.89. The van der Waals surface area contributed by atoms with Crippen LogP contribution in [-0.2, 0) is 0 Å². The van der Waals surface area contributed by atoms with Gasteiger partial charge in [0.05, 0.1) is 0 Å². The van der Waals surface area contributed by atoms with Crippen LogP contribution in [0, 0.1) is 0 Å². The van der Waals surface area contributed by atoms with E-state index in [4.69, 9.17) is 0 Å². The third kappa shape index (κ3) is 2.33. The summed E-state index contributed by atoms with van der Waals surface area (Å²) in [5, 5.41) is 11.0. The summed E-state index contributed by atoms with van der Waals surface area (Å²) < 4.78 is 0. The second-order valence-electron chi connectivity index (χ2n) is 5.24. The molecule has 2 aromatic heterocycles. The van der Waals surface area contributed by atoms with Crippen LogP contribution >= 0.6 is 11.3 Å². The molecule has 104 valence electrons. The third-order valence-corrected chi connectivity index (χ3v) is 4.94. The Bertz CT molecular complexity index is 574. The molecule has 3 heterocycles. The Kier molecular flexibility index (Phi) is 2.99. The van der Waals surface area contributed by atoms with E-state index in [1.165, 1.54) is 17.8 Å². The Morgan fingerprint density at radius 2 is 1.85 bits per heavy atom. The van der Waals surface area contributed by atoms with Crippen molar-refractivity contribution in [2.45, 2.75) is 18.8 Å². The molecule has 0 amide bonds. The zero-order valence-corrected chi connectivity index (χ0v) is 12.0. The van der Waals surface area contributed by atoms with Crippen molar-refractivity contribution in [3.05, 3.63) is 23.6 Å². The van der Waals surface area contributed by atoms with Gasteiger partial charge < -0.3 is 9.80 Å². The van der Waals surface area contributed by atoms with Crippen LogP contribution in [0.25, 0.3) is 0 Å². The predicted octanol–water partition coefficient (Wildman–Crippen LogP) is 1.53. The lowest BCUT2D eigenvalue weighted by Crippen LogP contribution is -2.46. The predicted molar refractivity (Wildman–Crippen MR) is 78.3 cm³/mol. The minimum atomic E-state index is 0.698. The Hall–Kier alpha value is -1.76. The molecule has 0 aromatic carbocycles. The first-order chi connectivity index (χ1) is 9.90. The normalized spacial score (nSPS) is 19.4. The van der Waals surface area contributed by atoms with Gasteiger partial charge in [-0.25, -0.2) is 9.97 Å². The molecular formula is C13H16N6S. The molecule has 0 N–H and O–H groups in total. The quantitative estimate of drug-likeness (QED) is 0.854. The molecule has 4 rings (SSSR count). The smallest absolute Gasteiger partial charge is 0.208 e. The monoisotopic (exact) mass is 288 g/mol. The first kappa shape index (κ1) is 12.0. The van der Waals surface area contributed by atoms with Crippen molar-refractivity contribution in [3.63, 3.8) is 0 Å². The molecular weight excluding hydrogens is 272 g/mol. The van der Waals surface area contributed by atoms with E-state index in [0.29, 0.717) is 5.92 Å². The van der Waals surface area contributed by atoms with Gasteiger partial charge in [-0.2, -0.15) is 0 Å². The molecule has 0 unspecified atom stereocenters. The molecule has 2 fully saturated rings. The summed E-state index contributed by atoms with van der Waals surface area (Å²) in [6, 6.07) is 1.96. The summed E-state index contributed by atoms with van der Waals surface area (Å²) in [4.78, 5) is 12.9. The first-order valence-corrected chi connectivity index (χ1v) is 7.81. The lowest BCUT2D eigenvalue weighted by atomic mass is 10.3. The molecule has 2 aliphatic rings. The van der Waals surface area contributed by atoms with Crippen LogP contribution in [0.4, 0.5) is 10.9 Å². The summed E-state index contributed by atoms with van der Waals surface area (Å²) in [7, 11) is 0. The average molecular weight is 288 g/mol. The fraction of sp³-hybridized carbons (Fsp3) is 0.538. The van der Waals surface area contributed by atoms with E-state index in [-0.39, 0.29) is 0 Å². The molecule has 6 nitrogen and oxygen atoms in total. The number of aromatic nitrogens is 4. The van der Waals surface area contributed by atoms with E-state index in [1.54, 1.807) is 23.9 Å². The van der Waals surface area contributed by atoms with E-state index in [9.17, 15) is 0 Å². The van der Waals surface area contributed by atoms with Crippen LogP contribution in [0.5, 0.6) is 0 Å². The summed E-state index contributed by atoms with van der Waals surface area (Å²) in [5.41, 5.74) is 0. The maximum absolute atomic E-state index is 4.35. The molecule has 1 saturated heterocycles. The lowest BCUT2D eigenvalue weighted by Gasteiger charge is -2.34. The molecule has 0 bridgehead atoms. The van der Waals surface area contributed by atoms with Crippen LogP contribution in [-0.4, -0.2) is 46.3 Å². The van der Waals surface area contributed by atoms with Crippen LogP contribution in [0.2, 0.25) is 0 Å². The fourth-order valence-corrected chi connectivity index (χ4v) is 3.51. The first-order valence-electron chi connectivity index (χ1n) is 6.99. The van der Waals surface area contributed by atoms with Gasteiger partial charge in [0.25, 0.3) is 0 Å². The Morgan fingerprint density at radius 1 is 1.05 bits per heavy atom. The summed E-state index contributed by atoms with van der Waals surface area (Å²) in [6.07, 6.45) is 5.97. The van der Waals surface area contributed by atoms with Gasteiger partial charge in [-0.1, -0.05) is 11.3 Å². The topological polar surface area (TPSA) is 58.0 Å². The Balaban J connectivity index is 1.41. The van der Waals surface area contributed by atoms with E-state index in [1.807, 2.05) is 6.07 Å². The van der Waals surface area contributed by atoms with Crippen molar-refractivity contribution >= 4 is 22.3 Å². The number of hydrogen-bond donors (Lipinski definition) is 0. The van der Waals surface area contributed by atoms with Gasteiger partial charge in [0.15, 0.2) is 0 Å². The van der Waals surface area contributed by atoms with E-state index < -0.39 is 0 Å². The number of rotatable bonds is 3. The maximum Gasteiger partial charge on any atom is 0.208 e. The van der Waals surface area contributed by atoms with Gasteiger partial charge in [0.1, 0.15) is 17.2 Å². The summed E-state index contributed by atoms with van der Waals surface area (Å²) in [5.74, 6) is 1.71. The SMILES string of the molecule is c1cc(N2CCN(c3nnc(C4CC4)s3)CC2)ncn1. The number of hydrogen-bond acceptors (Lipinski definition) is 7. The van der Waals surface area contributed by atoms with Gasteiger partial charge >= 0.3 is 0 Å². The Morgan fingerprint density at radius 3 is 2.55 bits per heavy atom. The van der Waals surface area contributed by atoms with Gasteiger partial charge in [-0.3, -0.25) is 0 Å². The van der Waals surface area contributed by atoms with E-state index >= 15 is 0 Å². The largest absolute Gasteiger partial charge is 0.353 e. The summed E-state index contributed by atoms with van der Waals surface area (Å²) >= 11 is 1.77. The molecule has 20 heavy (non-hydrogen) atoms. The highest BCUT2D eigenvalue weighted by Crippen LogP contribution is 2.42. The number of piperazine rings is 1.